The summed E-state index contributed by atoms with van der Waals surface area (Å²) in [5.41, 5.74) is 4.04. The maximum atomic E-state index is 13.7. The fourth-order valence-electron chi connectivity index (χ4n) is 7.29. The van der Waals surface area contributed by atoms with E-state index in [1.54, 1.807) is 18.2 Å². The molecule has 0 radical (unpaired) electrons. The van der Waals surface area contributed by atoms with Gasteiger partial charge in [0, 0.05) is 74.6 Å². The normalized spacial score (nSPS) is 15.4. The zero-order chi connectivity index (χ0) is 43.4. The predicted octanol–water partition coefficient (Wildman–Crippen LogP) is 3.38. The highest BCUT2D eigenvalue weighted by molar-refractivity contribution is 6.07. The molecule has 2 aliphatic rings. The van der Waals surface area contributed by atoms with Gasteiger partial charge in [-0.25, -0.2) is 8.78 Å². The Kier molecular flexibility index (Phi) is 14.5. The van der Waals surface area contributed by atoms with E-state index in [-0.39, 0.29) is 88.1 Å². The molecule has 2 fully saturated rings. The lowest BCUT2D eigenvalue weighted by Crippen LogP contribution is -2.49. The molecule has 1 atom stereocenters. The summed E-state index contributed by atoms with van der Waals surface area (Å²) in [6.07, 6.45) is 2.92. The summed E-state index contributed by atoms with van der Waals surface area (Å²) in [5.74, 6) is -2.21. The first kappa shape index (κ1) is 43.4. The number of aromatic nitrogens is 4. The molecule has 2 saturated heterocycles. The van der Waals surface area contributed by atoms with Gasteiger partial charge in [-0.15, -0.1) is 0 Å². The van der Waals surface area contributed by atoms with Crippen molar-refractivity contribution in [2.24, 2.45) is 0 Å². The highest BCUT2D eigenvalue weighted by atomic mass is 19.1. The highest BCUT2D eigenvalue weighted by Gasteiger charge is 2.27. The summed E-state index contributed by atoms with van der Waals surface area (Å²) in [4.78, 5) is 65.7. The van der Waals surface area contributed by atoms with Gasteiger partial charge in [0.25, 0.3) is 5.91 Å². The van der Waals surface area contributed by atoms with Crippen molar-refractivity contribution < 1.29 is 42.2 Å². The number of piperazine rings is 1. The summed E-state index contributed by atoms with van der Waals surface area (Å²) < 4.78 is 40.1. The van der Waals surface area contributed by atoms with Crippen LogP contribution in [0.5, 0.6) is 0 Å². The maximum Gasteiger partial charge on any atom is 0.275 e. The quantitative estimate of drug-likeness (QED) is 0.0602. The number of nitrogens with zero attached hydrogens (tertiary/aromatic N) is 5. The third kappa shape index (κ3) is 11.8. The van der Waals surface area contributed by atoms with Crippen LogP contribution in [-0.4, -0.2) is 120 Å². The van der Waals surface area contributed by atoms with Crippen molar-refractivity contribution in [2.75, 3.05) is 74.7 Å². The number of aromatic amines is 1. The Labute approximate surface area is 355 Å². The molecule has 2 aromatic heterocycles. The zero-order valence-corrected chi connectivity index (χ0v) is 34.0. The number of halogens is 2. The number of imide groups is 1. The molecule has 0 aliphatic carbocycles. The molecule has 0 saturated carbocycles. The van der Waals surface area contributed by atoms with Gasteiger partial charge in [-0.05, 0) is 78.6 Å². The minimum atomic E-state index is -0.651. The molecule has 5 aromatic rings. The lowest BCUT2D eigenvalue weighted by atomic mass is 10.0. The number of nitrogens with one attached hydrogen (secondary N) is 5. The van der Waals surface area contributed by atoms with Crippen molar-refractivity contribution >= 4 is 57.6 Å². The largest absolute Gasteiger partial charge is 0.380 e. The molecular formula is C43H48F2N10O7. The molecule has 7 rings (SSSR count). The van der Waals surface area contributed by atoms with E-state index in [2.05, 4.69) is 41.5 Å². The number of benzene rings is 3. The number of fused-ring (bicyclic) bond motifs is 1. The van der Waals surface area contributed by atoms with E-state index in [0.29, 0.717) is 61.3 Å². The first-order chi connectivity index (χ1) is 30.1. The van der Waals surface area contributed by atoms with Gasteiger partial charge in [0.1, 0.15) is 23.4 Å². The second kappa shape index (κ2) is 20.7. The number of hydrogen-bond donors (Lipinski definition) is 5. The monoisotopic (exact) mass is 854 g/mol. The van der Waals surface area contributed by atoms with Gasteiger partial charge in [-0.2, -0.15) is 10.2 Å². The third-order valence-corrected chi connectivity index (χ3v) is 10.5. The second-order valence-corrected chi connectivity index (χ2v) is 14.9. The molecule has 5 N–H and O–H groups in total. The highest BCUT2D eigenvalue weighted by Crippen LogP contribution is 2.25. The fraction of sp³-hybridized carbons (Fsp3) is 0.372. The number of anilines is 3. The molecule has 0 spiro atoms. The topological polar surface area (TPSA) is 205 Å². The lowest BCUT2D eigenvalue weighted by Gasteiger charge is -2.36. The number of ether oxygens (including phenoxy) is 2. The Bertz CT molecular complexity index is 2360. The molecule has 62 heavy (non-hydrogen) atoms. The van der Waals surface area contributed by atoms with E-state index in [9.17, 15) is 32.8 Å². The third-order valence-electron chi connectivity index (χ3n) is 10.5. The Balaban J connectivity index is 0.729. The molecule has 0 bridgehead atoms. The van der Waals surface area contributed by atoms with Gasteiger partial charge in [0.2, 0.25) is 23.6 Å². The van der Waals surface area contributed by atoms with Crippen molar-refractivity contribution in [1.82, 2.24) is 35.5 Å². The van der Waals surface area contributed by atoms with Gasteiger partial charge in [-0.3, -0.25) is 39.1 Å². The summed E-state index contributed by atoms with van der Waals surface area (Å²) in [6, 6.07) is 17.7. The van der Waals surface area contributed by atoms with Crippen molar-refractivity contribution in [3.05, 3.63) is 101 Å². The van der Waals surface area contributed by atoms with Crippen LogP contribution in [0.1, 0.15) is 47.3 Å². The number of H-pyrrole nitrogens is 1. The zero-order valence-electron chi connectivity index (χ0n) is 34.0. The van der Waals surface area contributed by atoms with Gasteiger partial charge >= 0.3 is 0 Å². The van der Waals surface area contributed by atoms with Crippen molar-refractivity contribution in [3.8, 4) is 0 Å². The molecule has 5 amide bonds. The minimum Gasteiger partial charge on any atom is -0.380 e. The average Bonchev–Trinajstić information content (AvgIpc) is 3.90. The van der Waals surface area contributed by atoms with Crippen LogP contribution in [0.25, 0.3) is 10.9 Å². The van der Waals surface area contributed by atoms with Crippen LogP contribution >= 0.6 is 0 Å². The molecule has 4 heterocycles. The van der Waals surface area contributed by atoms with E-state index < -0.39 is 23.6 Å². The predicted molar refractivity (Wildman–Crippen MR) is 224 cm³/mol. The second-order valence-electron chi connectivity index (χ2n) is 14.9. The first-order valence-corrected chi connectivity index (χ1v) is 20.5. The molecule has 326 valence electrons. The lowest BCUT2D eigenvalue weighted by molar-refractivity contribution is -0.134. The van der Waals surface area contributed by atoms with Crippen molar-refractivity contribution in [3.63, 3.8) is 0 Å². The summed E-state index contributed by atoms with van der Waals surface area (Å²) in [7, 11) is 0. The van der Waals surface area contributed by atoms with Crippen LogP contribution in [-0.2, 0) is 41.6 Å². The molecular weight excluding hydrogens is 807 g/mol. The van der Waals surface area contributed by atoms with Crippen LogP contribution in [0.15, 0.2) is 72.9 Å². The molecule has 19 heteroatoms. The number of carbonyl (C=O) groups is 5. The molecule has 17 nitrogen and oxygen atoms in total. The van der Waals surface area contributed by atoms with E-state index in [1.165, 1.54) is 23.0 Å². The Morgan fingerprint density at radius 1 is 0.839 bits per heavy atom. The van der Waals surface area contributed by atoms with E-state index in [1.807, 2.05) is 35.2 Å². The van der Waals surface area contributed by atoms with Gasteiger partial charge in [-0.1, -0.05) is 6.07 Å². The average molecular weight is 855 g/mol. The summed E-state index contributed by atoms with van der Waals surface area (Å²) in [6.45, 7) is 3.95. The van der Waals surface area contributed by atoms with E-state index in [0.717, 1.165) is 23.0 Å². The van der Waals surface area contributed by atoms with E-state index in [4.69, 9.17) is 9.47 Å². The fourth-order valence-corrected chi connectivity index (χ4v) is 7.29. The standard InChI is InChI=1S/C43H48F2N10O7/c44-30-24-29(25-31(45)27-30)23-28-1-6-35-34(26-28)41(52-51-35)50-43(60)37-9-12-47-55(37)18-22-62-21-13-46-38(56)10-19-61-20-11-40(58)54-16-14-53(15-17-54)33-4-2-32(3-5-33)48-36-7-8-39(57)49-42(36)59/h1-6,9,12,24-27,36,48H,7-8,10-11,13-23H2,(H,46,56)(H,49,57,59)(H2,50,51,52,60). The van der Waals surface area contributed by atoms with E-state index >= 15 is 0 Å². The number of amides is 5. The van der Waals surface area contributed by atoms with Gasteiger partial charge in [0.05, 0.1) is 44.9 Å². The maximum absolute atomic E-state index is 13.7. The number of piperidine rings is 1. The first-order valence-electron chi connectivity index (χ1n) is 20.5. The van der Waals surface area contributed by atoms with Crippen LogP contribution in [0.4, 0.5) is 26.0 Å². The SMILES string of the molecule is O=C(CCOCCC(=O)N1CCN(c2ccc(NC3CCC(=O)NC3=O)cc2)CC1)NCCOCCn1nccc1C(=O)Nc1n[nH]c2ccc(Cc3cc(F)cc(F)c3)cc12. The summed E-state index contributed by atoms with van der Waals surface area (Å²) in [5, 5.41) is 23.1. The van der Waals surface area contributed by atoms with Crippen LogP contribution < -0.4 is 26.2 Å². The molecule has 3 aromatic carbocycles. The number of hydrogen-bond acceptors (Lipinski definition) is 11. The van der Waals surface area contributed by atoms with Gasteiger partial charge < -0.3 is 35.2 Å². The Morgan fingerprint density at radius 3 is 2.37 bits per heavy atom. The van der Waals surface area contributed by atoms with Crippen LogP contribution in [0.2, 0.25) is 0 Å². The number of carbonyl (C=O) groups excluding carboxylic acids is 5. The Hall–Kier alpha value is -6.73. The van der Waals surface area contributed by atoms with Crippen LogP contribution in [0, 0.1) is 11.6 Å². The molecule has 1 unspecified atom stereocenters. The molecule has 2 aliphatic heterocycles. The van der Waals surface area contributed by atoms with Crippen molar-refractivity contribution in [1.29, 1.82) is 0 Å². The van der Waals surface area contributed by atoms with Crippen molar-refractivity contribution in [2.45, 2.75) is 44.7 Å². The minimum absolute atomic E-state index is 0.00152. The summed E-state index contributed by atoms with van der Waals surface area (Å²) >= 11 is 0. The number of rotatable bonds is 19. The Morgan fingerprint density at radius 2 is 1.60 bits per heavy atom. The smallest absolute Gasteiger partial charge is 0.275 e. The van der Waals surface area contributed by atoms with Gasteiger partial charge in [0.15, 0.2) is 5.82 Å². The van der Waals surface area contributed by atoms with Crippen LogP contribution in [0.3, 0.4) is 0 Å².